The van der Waals surface area contributed by atoms with Crippen molar-refractivity contribution in [3.63, 3.8) is 0 Å². The Kier molecular flexibility index (Phi) is 3.05. The SMILES string of the molecule is COC(=O)c1c[nH]c2cccc(C(F)(F)F)c2c1=O. The zero-order chi connectivity index (χ0) is 14.2. The Morgan fingerprint density at radius 2 is 2.00 bits per heavy atom. The summed E-state index contributed by atoms with van der Waals surface area (Å²) in [6, 6.07) is 3.30. The third kappa shape index (κ3) is 2.18. The monoisotopic (exact) mass is 271 g/mol. The number of pyridine rings is 1. The normalized spacial score (nSPS) is 11.6. The number of alkyl halides is 3. The van der Waals surface area contributed by atoms with Crippen molar-refractivity contribution in [1.82, 2.24) is 4.98 Å². The number of hydrogen-bond acceptors (Lipinski definition) is 3. The van der Waals surface area contributed by atoms with Crippen LogP contribution in [-0.2, 0) is 10.9 Å². The third-order valence-electron chi connectivity index (χ3n) is 2.62. The van der Waals surface area contributed by atoms with Crippen molar-refractivity contribution >= 4 is 16.9 Å². The number of carbonyl (C=O) groups is 1. The molecule has 1 heterocycles. The molecule has 1 N–H and O–H groups in total. The lowest BCUT2D eigenvalue weighted by atomic mass is 10.1. The summed E-state index contributed by atoms with van der Waals surface area (Å²) >= 11 is 0. The number of aromatic nitrogens is 1. The van der Waals surface area contributed by atoms with E-state index in [4.69, 9.17) is 0 Å². The molecule has 0 aliphatic rings. The molecule has 0 aliphatic heterocycles. The molecule has 100 valence electrons. The standard InChI is InChI=1S/C12H8F3NO3/c1-19-11(18)6-5-16-8-4-2-3-7(12(13,14)15)9(8)10(6)17/h2-5H,1H3,(H,16,17). The van der Waals surface area contributed by atoms with Crippen LogP contribution in [0, 0.1) is 0 Å². The quantitative estimate of drug-likeness (QED) is 0.810. The Balaban J connectivity index is 2.88. The first-order valence-corrected chi connectivity index (χ1v) is 5.16. The molecule has 0 fully saturated rings. The third-order valence-corrected chi connectivity index (χ3v) is 2.62. The molecule has 2 aromatic rings. The molecular weight excluding hydrogens is 263 g/mol. The maximum atomic E-state index is 12.8. The first-order valence-electron chi connectivity index (χ1n) is 5.16. The van der Waals surface area contributed by atoms with Crippen molar-refractivity contribution in [2.75, 3.05) is 7.11 Å². The number of benzene rings is 1. The van der Waals surface area contributed by atoms with E-state index in [1.807, 2.05) is 0 Å². The van der Waals surface area contributed by atoms with E-state index >= 15 is 0 Å². The van der Waals surface area contributed by atoms with Crippen LogP contribution in [0.15, 0.2) is 29.2 Å². The number of hydrogen-bond donors (Lipinski definition) is 1. The summed E-state index contributed by atoms with van der Waals surface area (Å²) in [5, 5.41) is -0.571. The van der Waals surface area contributed by atoms with Gasteiger partial charge in [0.05, 0.1) is 18.1 Å². The van der Waals surface area contributed by atoms with E-state index in [-0.39, 0.29) is 5.52 Å². The van der Waals surface area contributed by atoms with Crippen molar-refractivity contribution < 1.29 is 22.7 Å². The highest BCUT2D eigenvalue weighted by atomic mass is 19.4. The average molecular weight is 271 g/mol. The number of nitrogens with one attached hydrogen (secondary N) is 1. The summed E-state index contributed by atoms with van der Waals surface area (Å²) in [4.78, 5) is 25.8. The van der Waals surface area contributed by atoms with Gasteiger partial charge in [0.2, 0.25) is 5.43 Å². The van der Waals surface area contributed by atoms with Crippen LogP contribution in [-0.4, -0.2) is 18.1 Å². The van der Waals surface area contributed by atoms with Gasteiger partial charge in [0.25, 0.3) is 0 Å². The van der Waals surface area contributed by atoms with Gasteiger partial charge in [-0.3, -0.25) is 4.79 Å². The maximum absolute atomic E-state index is 12.8. The highest BCUT2D eigenvalue weighted by Crippen LogP contribution is 2.32. The highest BCUT2D eigenvalue weighted by Gasteiger charge is 2.34. The molecule has 0 saturated carbocycles. The van der Waals surface area contributed by atoms with Crippen LogP contribution in [0.5, 0.6) is 0 Å². The largest absolute Gasteiger partial charge is 0.465 e. The minimum Gasteiger partial charge on any atom is -0.465 e. The summed E-state index contributed by atoms with van der Waals surface area (Å²) in [6.07, 6.45) is -3.64. The van der Waals surface area contributed by atoms with Crippen molar-refractivity contribution in [3.05, 3.63) is 45.7 Å². The van der Waals surface area contributed by atoms with E-state index in [0.29, 0.717) is 0 Å². The predicted molar refractivity (Wildman–Crippen MR) is 60.9 cm³/mol. The summed E-state index contributed by atoms with van der Waals surface area (Å²) in [7, 11) is 1.04. The molecule has 1 aromatic carbocycles. The smallest absolute Gasteiger partial charge is 0.417 e. The summed E-state index contributed by atoms with van der Waals surface area (Å²) in [6.45, 7) is 0. The first kappa shape index (κ1) is 13.1. The molecule has 0 saturated heterocycles. The van der Waals surface area contributed by atoms with Crippen LogP contribution >= 0.6 is 0 Å². The van der Waals surface area contributed by atoms with Crippen LogP contribution in [0.2, 0.25) is 0 Å². The van der Waals surface area contributed by atoms with Crippen LogP contribution in [0.4, 0.5) is 13.2 Å². The van der Waals surface area contributed by atoms with Gasteiger partial charge in [-0.1, -0.05) is 6.07 Å². The van der Waals surface area contributed by atoms with E-state index in [1.54, 1.807) is 0 Å². The second-order valence-corrected chi connectivity index (χ2v) is 3.75. The Morgan fingerprint density at radius 3 is 2.58 bits per heavy atom. The fourth-order valence-corrected chi connectivity index (χ4v) is 1.77. The van der Waals surface area contributed by atoms with Crippen molar-refractivity contribution in [2.24, 2.45) is 0 Å². The molecule has 0 unspecified atom stereocenters. The van der Waals surface area contributed by atoms with Crippen molar-refractivity contribution in [1.29, 1.82) is 0 Å². The molecular formula is C12H8F3NO3. The zero-order valence-electron chi connectivity index (χ0n) is 9.67. The number of H-pyrrole nitrogens is 1. The van der Waals surface area contributed by atoms with Gasteiger partial charge >= 0.3 is 12.1 Å². The van der Waals surface area contributed by atoms with Crippen LogP contribution in [0.25, 0.3) is 10.9 Å². The first-order chi connectivity index (χ1) is 8.86. The summed E-state index contributed by atoms with van der Waals surface area (Å²) in [5.41, 5.74) is -2.55. The van der Waals surface area contributed by atoms with Crippen LogP contribution < -0.4 is 5.43 Å². The Labute approximate surface area is 104 Å². The van der Waals surface area contributed by atoms with Gasteiger partial charge in [0.15, 0.2) is 0 Å². The van der Waals surface area contributed by atoms with Gasteiger partial charge in [-0.25, -0.2) is 4.79 Å². The summed E-state index contributed by atoms with van der Waals surface area (Å²) in [5.74, 6) is -0.986. The molecule has 0 bridgehead atoms. The molecule has 0 aliphatic carbocycles. The second-order valence-electron chi connectivity index (χ2n) is 3.75. The number of fused-ring (bicyclic) bond motifs is 1. The second kappa shape index (κ2) is 4.42. The van der Waals surface area contributed by atoms with Gasteiger partial charge in [-0.2, -0.15) is 13.2 Å². The lowest BCUT2D eigenvalue weighted by molar-refractivity contribution is -0.136. The average Bonchev–Trinajstić information content (AvgIpc) is 2.36. The van der Waals surface area contributed by atoms with Crippen LogP contribution in [0.3, 0.4) is 0 Å². The number of aromatic amines is 1. The number of esters is 1. The minimum absolute atomic E-state index is 0.00692. The van der Waals surface area contributed by atoms with Crippen molar-refractivity contribution in [2.45, 2.75) is 6.18 Å². The molecule has 2 rings (SSSR count). The fraction of sp³-hybridized carbons (Fsp3) is 0.167. The molecule has 0 amide bonds. The molecule has 1 aromatic heterocycles. The molecule has 4 nitrogen and oxygen atoms in total. The topological polar surface area (TPSA) is 59.2 Å². The number of ether oxygens (including phenoxy) is 1. The number of halogens is 3. The maximum Gasteiger partial charge on any atom is 0.417 e. The van der Waals surface area contributed by atoms with E-state index in [1.165, 1.54) is 12.1 Å². The number of methoxy groups -OCH3 is 1. The summed E-state index contributed by atoms with van der Waals surface area (Å²) < 4.78 is 42.9. The van der Waals surface area contributed by atoms with E-state index in [2.05, 4.69) is 9.72 Å². The Bertz CT molecular complexity index is 703. The number of rotatable bonds is 1. The Hall–Kier alpha value is -2.31. The van der Waals surface area contributed by atoms with Gasteiger partial charge in [0.1, 0.15) is 5.56 Å². The molecule has 7 heteroatoms. The molecule has 0 atom stereocenters. The molecule has 0 spiro atoms. The minimum atomic E-state index is -4.68. The van der Waals surface area contributed by atoms with Gasteiger partial charge in [-0.15, -0.1) is 0 Å². The van der Waals surface area contributed by atoms with E-state index in [9.17, 15) is 22.8 Å². The fourth-order valence-electron chi connectivity index (χ4n) is 1.77. The van der Waals surface area contributed by atoms with Crippen LogP contribution in [0.1, 0.15) is 15.9 Å². The van der Waals surface area contributed by atoms with E-state index in [0.717, 1.165) is 19.4 Å². The Morgan fingerprint density at radius 1 is 1.32 bits per heavy atom. The molecule has 0 radical (unpaired) electrons. The van der Waals surface area contributed by atoms with Gasteiger partial charge in [-0.05, 0) is 12.1 Å². The van der Waals surface area contributed by atoms with Gasteiger partial charge < -0.3 is 9.72 Å². The van der Waals surface area contributed by atoms with Crippen molar-refractivity contribution in [3.8, 4) is 0 Å². The molecule has 19 heavy (non-hydrogen) atoms. The predicted octanol–water partition coefficient (Wildman–Crippen LogP) is 2.33. The van der Waals surface area contributed by atoms with E-state index < -0.39 is 34.1 Å². The number of carbonyl (C=O) groups excluding carboxylic acids is 1. The lowest BCUT2D eigenvalue weighted by Gasteiger charge is -2.10. The lowest BCUT2D eigenvalue weighted by Crippen LogP contribution is -2.20. The zero-order valence-corrected chi connectivity index (χ0v) is 9.67. The highest BCUT2D eigenvalue weighted by molar-refractivity contribution is 5.94. The van der Waals surface area contributed by atoms with Gasteiger partial charge in [0, 0.05) is 11.7 Å².